The van der Waals surface area contributed by atoms with Crippen LogP contribution in [-0.2, 0) is 9.98 Å². The standard InChI is InChI=1S/C26H19OP/c1-28(27)24-16-8-6-14-22(24)26(23-15-7-9-17-25(23)28)20-12-4-2-10-18(20)19-11-3-5-13-21(19)26/h2-17H,1H3. The molecule has 0 atom stereocenters. The highest BCUT2D eigenvalue weighted by Crippen LogP contribution is 2.61. The van der Waals surface area contributed by atoms with Gasteiger partial charge >= 0.3 is 0 Å². The van der Waals surface area contributed by atoms with E-state index in [1.54, 1.807) is 0 Å². The Hall–Kier alpha value is -2.89. The molecule has 1 aliphatic carbocycles. The van der Waals surface area contributed by atoms with Gasteiger partial charge in [-0.1, -0.05) is 97.1 Å². The first-order valence-electron chi connectivity index (χ1n) is 9.64. The van der Waals surface area contributed by atoms with Crippen molar-refractivity contribution < 1.29 is 4.57 Å². The molecule has 0 unspecified atom stereocenters. The highest BCUT2D eigenvalue weighted by molar-refractivity contribution is 7.78. The maximum atomic E-state index is 14.0. The lowest BCUT2D eigenvalue weighted by Crippen LogP contribution is -2.43. The normalized spacial score (nSPS) is 16.8. The van der Waals surface area contributed by atoms with Crippen molar-refractivity contribution in [1.29, 1.82) is 0 Å². The molecule has 134 valence electrons. The summed E-state index contributed by atoms with van der Waals surface area (Å²) in [6, 6.07) is 34.1. The lowest BCUT2D eigenvalue weighted by Gasteiger charge is -2.42. The zero-order chi connectivity index (χ0) is 18.9. The third-order valence-corrected chi connectivity index (χ3v) is 9.11. The predicted molar refractivity (Wildman–Crippen MR) is 117 cm³/mol. The number of hydrogen-bond donors (Lipinski definition) is 0. The van der Waals surface area contributed by atoms with Crippen LogP contribution in [0.5, 0.6) is 0 Å². The van der Waals surface area contributed by atoms with E-state index >= 15 is 0 Å². The van der Waals surface area contributed by atoms with Crippen LogP contribution in [0.4, 0.5) is 0 Å². The van der Waals surface area contributed by atoms with E-state index in [1.165, 1.54) is 22.3 Å². The van der Waals surface area contributed by atoms with Crippen LogP contribution in [0.3, 0.4) is 0 Å². The second kappa shape index (κ2) is 5.34. The predicted octanol–water partition coefficient (Wildman–Crippen LogP) is 5.31. The third kappa shape index (κ3) is 1.72. The quantitative estimate of drug-likeness (QED) is 0.334. The molecule has 1 spiro atoms. The van der Waals surface area contributed by atoms with Gasteiger partial charge in [-0.25, -0.2) is 0 Å². The molecule has 6 rings (SSSR count). The molecule has 2 heteroatoms. The SMILES string of the molecule is CP1(=O)c2ccccc2C2(c3ccccc3-c3ccccc32)c2ccccc21. The van der Waals surface area contributed by atoms with Gasteiger partial charge < -0.3 is 4.57 Å². The topological polar surface area (TPSA) is 17.1 Å². The highest BCUT2D eigenvalue weighted by atomic mass is 31.2. The average molecular weight is 378 g/mol. The van der Waals surface area contributed by atoms with Crippen LogP contribution in [0.2, 0.25) is 0 Å². The second-order valence-corrected chi connectivity index (χ2v) is 10.6. The molecule has 1 heterocycles. The van der Waals surface area contributed by atoms with Crippen LogP contribution in [-0.4, -0.2) is 6.66 Å². The summed E-state index contributed by atoms with van der Waals surface area (Å²) in [4.78, 5) is 0. The first-order valence-corrected chi connectivity index (χ1v) is 11.8. The third-order valence-electron chi connectivity index (χ3n) is 6.49. The minimum atomic E-state index is -2.67. The number of rotatable bonds is 0. The van der Waals surface area contributed by atoms with Crippen LogP contribution in [0.1, 0.15) is 22.3 Å². The largest absolute Gasteiger partial charge is 0.314 e. The summed E-state index contributed by atoms with van der Waals surface area (Å²) in [5, 5.41) is 1.97. The van der Waals surface area contributed by atoms with Crippen molar-refractivity contribution in [3.8, 4) is 11.1 Å². The number of benzene rings is 4. The van der Waals surface area contributed by atoms with Gasteiger partial charge in [0.1, 0.15) is 7.14 Å². The Morgan fingerprint density at radius 1 is 0.536 bits per heavy atom. The number of fused-ring (bicyclic) bond motifs is 9. The zero-order valence-corrected chi connectivity index (χ0v) is 16.5. The van der Waals surface area contributed by atoms with Crippen LogP contribution in [0.15, 0.2) is 97.1 Å². The van der Waals surface area contributed by atoms with E-state index in [4.69, 9.17) is 0 Å². The molecule has 28 heavy (non-hydrogen) atoms. The summed E-state index contributed by atoms with van der Waals surface area (Å²) in [7, 11) is -2.67. The van der Waals surface area contributed by atoms with Gasteiger partial charge in [0.05, 0.1) is 5.41 Å². The minimum Gasteiger partial charge on any atom is -0.314 e. The van der Waals surface area contributed by atoms with Crippen LogP contribution < -0.4 is 10.6 Å². The molecule has 4 aromatic rings. The molecule has 0 fully saturated rings. The van der Waals surface area contributed by atoms with Gasteiger partial charge in [0, 0.05) is 10.6 Å². The fraction of sp³-hybridized carbons (Fsp3) is 0.0769. The Balaban J connectivity index is 1.90. The molecule has 0 radical (unpaired) electrons. The van der Waals surface area contributed by atoms with Crippen molar-refractivity contribution in [2.75, 3.05) is 6.66 Å². The van der Waals surface area contributed by atoms with E-state index < -0.39 is 12.6 Å². The van der Waals surface area contributed by atoms with Gasteiger partial charge in [-0.15, -0.1) is 0 Å². The van der Waals surface area contributed by atoms with Crippen molar-refractivity contribution in [3.63, 3.8) is 0 Å². The fourth-order valence-corrected chi connectivity index (χ4v) is 7.82. The maximum Gasteiger partial charge on any atom is 0.140 e. The zero-order valence-electron chi connectivity index (χ0n) is 15.6. The molecule has 1 aliphatic heterocycles. The molecule has 0 saturated carbocycles. The highest BCUT2D eigenvalue weighted by Gasteiger charge is 2.52. The van der Waals surface area contributed by atoms with Crippen LogP contribution in [0.25, 0.3) is 11.1 Å². The summed E-state index contributed by atoms with van der Waals surface area (Å²) < 4.78 is 14.0. The van der Waals surface area contributed by atoms with E-state index in [1.807, 2.05) is 18.8 Å². The molecule has 1 nitrogen and oxygen atoms in total. The molecular formula is C26H19OP. The average Bonchev–Trinajstić information content (AvgIpc) is 3.04. The number of hydrogen-bond acceptors (Lipinski definition) is 1. The smallest absolute Gasteiger partial charge is 0.140 e. The van der Waals surface area contributed by atoms with Crippen molar-refractivity contribution >= 4 is 17.8 Å². The first kappa shape index (κ1) is 16.1. The van der Waals surface area contributed by atoms with Crippen molar-refractivity contribution in [3.05, 3.63) is 119 Å². The van der Waals surface area contributed by atoms with Gasteiger partial charge in [0.2, 0.25) is 0 Å². The summed E-state index contributed by atoms with van der Waals surface area (Å²) in [5.41, 5.74) is 7.04. The van der Waals surface area contributed by atoms with Gasteiger partial charge in [-0.05, 0) is 40.0 Å². The van der Waals surface area contributed by atoms with Crippen molar-refractivity contribution in [1.82, 2.24) is 0 Å². The molecule has 2 aliphatic rings. The fourth-order valence-electron chi connectivity index (χ4n) is 5.42. The van der Waals surface area contributed by atoms with E-state index in [2.05, 4.69) is 84.9 Å². The van der Waals surface area contributed by atoms with Gasteiger partial charge in [0.25, 0.3) is 0 Å². The molecule has 0 aromatic heterocycles. The van der Waals surface area contributed by atoms with E-state index in [0.717, 1.165) is 21.7 Å². The molecule has 0 amide bonds. The van der Waals surface area contributed by atoms with E-state index in [-0.39, 0.29) is 0 Å². The summed E-state index contributed by atoms with van der Waals surface area (Å²) in [6.07, 6.45) is 0. The van der Waals surface area contributed by atoms with Crippen molar-refractivity contribution in [2.24, 2.45) is 0 Å². The maximum absolute atomic E-state index is 14.0. The summed E-state index contributed by atoms with van der Waals surface area (Å²) in [6.45, 7) is 1.92. The Labute approximate surface area is 165 Å². The van der Waals surface area contributed by atoms with E-state index in [0.29, 0.717) is 0 Å². The van der Waals surface area contributed by atoms with Gasteiger partial charge in [-0.2, -0.15) is 0 Å². The Morgan fingerprint density at radius 2 is 0.893 bits per heavy atom. The van der Waals surface area contributed by atoms with Crippen LogP contribution >= 0.6 is 7.14 Å². The Kier molecular flexibility index (Phi) is 3.07. The molecule has 0 bridgehead atoms. The van der Waals surface area contributed by atoms with Crippen molar-refractivity contribution in [2.45, 2.75) is 5.41 Å². The Morgan fingerprint density at radius 3 is 1.36 bits per heavy atom. The molecule has 4 aromatic carbocycles. The monoisotopic (exact) mass is 378 g/mol. The molecular weight excluding hydrogens is 359 g/mol. The summed E-state index contributed by atoms with van der Waals surface area (Å²) >= 11 is 0. The summed E-state index contributed by atoms with van der Waals surface area (Å²) in [5.74, 6) is 0. The first-order chi connectivity index (χ1) is 13.7. The molecule has 0 N–H and O–H groups in total. The second-order valence-electron chi connectivity index (χ2n) is 7.80. The Bertz CT molecular complexity index is 1220. The van der Waals surface area contributed by atoms with E-state index in [9.17, 15) is 4.57 Å². The molecule has 0 saturated heterocycles. The minimum absolute atomic E-state index is 0.412. The van der Waals surface area contributed by atoms with Crippen LogP contribution in [0, 0.1) is 0 Å². The lowest BCUT2D eigenvalue weighted by molar-refractivity contribution is 0.588. The van der Waals surface area contributed by atoms with Gasteiger partial charge in [0.15, 0.2) is 0 Å². The lowest BCUT2D eigenvalue weighted by atomic mass is 9.67. The van der Waals surface area contributed by atoms with Gasteiger partial charge in [-0.3, -0.25) is 0 Å².